The Morgan fingerprint density at radius 2 is 1.88 bits per heavy atom. The van der Waals surface area contributed by atoms with Crippen LogP contribution in [-0.2, 0) is 0 Å². The van der Waals surface area contributed by atoms with Crippen LogP contribution in [-0.4, -0.2) is 21.9 Å². The number of H-pyrrole nitrogens is 1. The minimum Gasteiger partial charge on any atom is -0.507 e. The number of ether oxygens (including phenoxy) is 2. The number of aromatic hydroxyl groups is 1. The van der Waals surface area contributed by atoms with E-state index < -0.39 is 0 Å². The second kappa shape index (κ2) is 7.08. The third kappa shape index (κ3) is 3.35. The lowest BCUT2D eigenvalue weighted by Crippen LogP contribution is -1.95. The molecule has 124 valence electrons. The Bertz CT molecular complexity index is 813. The number of para-hydroxylation sites is 1. The number of phenols is 1. The van der Waals surface area contributed by atoms with Gasteiger partial charge in [0.05, 0.1) is 12.3 Å². The number of hydrogen-bond acceptors (Lipinski definition) is 4. The summed E-state index contributed by atoms with van der Waals surface area (Å²) in [6.45, 7) is 4.53. The Morgan fingerprint density at radius 3 is 2.58 bits per heavy atom. The van der Waals surface area contributed by atoms with Gasteiger partial charge in [-0.1, -0.05) is 25.1 Å². The van der Waals surface area contributed by atoms with E-state index in [1.54, 1.807) is 12.1 Å². The van der Waals surface area contributed by atoms with Crippen LogP contribution in [0.1, 0.15) is 19.0 Å². The number of hydrogen-bond donors (Lipinski definition) is 2. The van der Waals surface area contributed by atoms with Crippen molar-refractivity contribution >= 4 is 0 Å². The lowest BCUT2D eigenvalue weighted by Gasteiger charge is -2.10. The van der Waals surface area contributed by atoms with Crippen LogP contribution < -0.4 is 9.47 Å². The number of aromatic amines is 1. The standard InChI is InChI=1S/C19H20N2O3/c1-3-11-23-15-9-10-16(17(22)12-15)18-19(13(2)20-21-18)24-14-7-5-4-6-8-14/h4-10,12,22H,3,11H2,1-2H3,(H,20,21). The first-order chi connectivity index (χ1) is 11.7. The molecule has 1 heterocycles. The van der Waals surface area contributed by atoms with Crippen LogP contribution in [0.15, 0.2) is 48.5 Å². The van der Waals surface area contributed by atoms with Gasteiger partial charge >= 0.3 is 0 Å². The monoisotopic (exact) mass is 324 g/mol. The molecule has 0 fully saturated rings. The van der Waals surface area contributed by atoms with Gasteiger partial charge in [0.2, 0.25) is 0 Å². The van der Waals surface area contributed by atoms with E-state index >= 15 is 0 Å². The van der Waals surface area contributed by atoms with Crippen molar-refractivity contribution in [2.75, 3.05) is 6.61 Å². The lowest BCUT2D eigenvalue weighted by atomic mass is 10.1. The van der Waals surface area contributed by atoms with Gasteiger partial charge in [-0.25, -0.2) is 0 Å². The third-order valence-electron chi connectivity index (χ3n) is 3.55. The molecule has 1 aromatic heterocycles. The third-order valence-corrected chi connectivity index (χ3v) is 3.55. The molecule has 0 unspecified atom stereocenters. The van der Waals surface area contributed by atoms with Crippen LogP contribution in [0.5, 0.6) is 23.0 Å². The number of nitrogens with one attached hydrogen (secondary N) is 1. The van der Waals surface area contributed by atoms with E-state index in [9.17, 15) is 5.11 Å². The van der Waals surface area contributed by atoms with Crippen molar-refractivity contribution in [1.82, 2.24) is 10.2 Å². The summed E-state index contributed by atoms with van der Waals surface area (Å²) >= 11 is 0. The number of aryl methyl sites for hydroxylation is 1. The minimum absolute atomic E-state index is 0.105. The molecular weight excluding hydrogens is 304 g/mol. The summed E-state index contributed by atoms with van der Waals surface area (Å²) in [7, 11) is 0. The molecule has 24 heavy (non-hydrogen) atoms. The van der Waals surface area contributed by atoms with Crippen molar-refractivity contribution < 1.29 is 14.6 Å². The molecule has 0 atom stereocenters. The maximum atomic E-state index is 10.4. The first-order valence-electron chi connectivity index (χ1n) is 7.93. The second-order valence-corrected chi connectivity index (χ2v) is 5.47. The molecule has 0 amide bonds. The predicted octanol–water partition coefficient (Wildman–Crippen LogP) is 4.67. The highest BCUT2D eigenvalue weighted by atomic mass is 16.5. The average molecular weight is 324 g/mol. The van der Waals surface area contributed by atoms with Crippen molar-refractivity contribution in [1.29, 1.82) is 0 Å². The van der Waals surface area contributed by atoms with Crippen LogP contribution in [0.4, 0.5) is 0 Å². The first-order valence-corrected chi connectivity index (χ1v) is 7.93. The topological polar surface area (TPSA) is 67.4 Å². The normalized spacial score (nSPS) is 10.6. The van der Waals surface area contributed by atoms with Gasteiger partial charge in [-0.05, 0) is 37.6 Å². The van der Waals surface area contributed by atoms with Crippen molar-refractivity contribution in [3.05, 3.63) is 54.2 Å². The van der Waals surface area contributed by atoms with E-state index in [-0.39, 0.29) is 5.75 Å². The van der Waals surface area contributed by atoms with E-state index in [1.165, 1.54) is 0 Å². The molecule has 0 aliphatic rings. The van der Waals surface area contributed by atoms with E-state index in [1.807, 2.05) is 50.2 Å². The quantitative estimate of drug-likeness (QED) is 0.691. The fourth-order valence-corrected chi connectivity index (χ4v) is 2.35. The fraction of sp³-hybridized carbons (Fsp3) is 0.211. The SMILES string of the molecule is CCCOc1ccc(-c2n[nH]c(C)c2Oc2ccccc2)c(O)c1. The van der Waals surface area contributed by atoms with Gasteiger partial charge in [-0.15, -0.1) is 0 Å². The molecule has 3 aromatic rings. The van der Waals surface area contributed by atoms with Crippen LogP contribution >= 0.6 is 0 Å². The van der Waals surface area contributed by atoms with Gasteiger partial charge in [0.25, 0.3) is 0 Å². The summed E-state index contributed by atoms with van der Waals surface area (Å²) in [5, 5.41) is 17.6. The van der Waals surface area contributed by atoms with Gasteiger partial charge in [0, 0.05) is 11.6 Å². The predicted molar refractivity (Wildman–Crippen MR) is 92.7 cm³/mol. The van der Waals surface area contributed by atoms with Gasteiger partial charge in [0.15, 0.2) is 5.75 Å². The molecule has 5 heteroatoms. The molecule has 0 aliphatic heterocycles. The van der Waals surface area contributed by atoms with Crippen molar-refractivity contribution in [3.8, 4) is 34.3 Å². The average Bonchev–Trinajstić information content (AvgIpc) is 2.95. The molecule has 2 aromatic carbocycles. The fourth-order valence-electron chi connectivity index (χ4n) is 2.35. The van der Waals surface area contributed by atoms with E-state index in [0.717, 1.165) is 12.1 Å². The van der Waals surface area contributed by atoms with Gasteiger partial charge < -0.3 is 14.6 Å². The number of aromatic nitrogens is 2. The van der Waals surface area contributed by atoms with Gasteiger partial charge in [-0.3, -0.25) is 5.10 Å². The Kier molecular flexibility index (Phi) is 4.70. The molecule has 0 bridgehead atoms. The summed E-state index contributed by atoms with van der Waals surface area (Å²) in [5.41, 5.74) is 1.95. The van der Waals surface area contributed by atoms with Crippen molar-refractivity contribution in [2.45, 2.75) is 20.3 Å². The minimum atomic E-state index is 0.105. The Morgan fingerprint density at radius 1 is 1.08 bits per heavy atom. The summed E-state index contributed by atoms with van der Waals surface area (Å²) in [5.74, 6) is 2.05. The molecule has 3 rings (SSSR count). The zero-order valence-electron chi connectivity index (χ0n) is 13.7. The van der Waals surface area contributed by atoms with Crippen molar-refractivity contribution in [3.63, 3.8) is 0 Å². The summed E-state index contributed by atoms with van der Waals surface area (Å²) in [6, 6.07) is 14.7. The number of benzene rings is 2. The Labute approximate surface area is 140 Å². The Hall–Kier alpha value is -2.95. The van der Waals surface area contributed by atoms with Crippen molar-refractivity contribution in [2.24, 2.45) is 0 Å². The number of nitrogens with zero attached hydrogens (tertiary/aromatic N) is 1. The van der Waals surface area contributed by atoms with E-state index in [0.29, 0.717) is 35.1 Å². The highest BCUT2D eigenvalue weighted by molar-refractivity contribution is 5.74. The zero-order valence-corrected chi connectivity index (χ0v) is 13.7. The van der Waals surface area contributed by atoms with Crippen LogP contribution in [0.25, 0.3) is 11.3 Å². The van der Waals surface area contributed by atoms with E-state index in [2.05, 4.69) is 10.2 Å². The van der Waals surface area contributed by atoms with Gasteiger partial charge in [-0.2, -0.15) is 5.10 Å². The maximum absolute atomic E-state index is 10.4. The molecule has 2 N–H and O–H groups in total. The maximum Gasteiger partial charge on any atom is 0.176 e. The van der Waals surface area contributed by atoms with E-state index in [4.69, 9.17) is 9.47 Å². The second-order valence-electron chi connectivity index (χ2n) is 5.47. The molecular formula is C19H20N2O3. The molecule has 0 saturated carbocycles. The largest absolute Gasteiger partial charge is 0.507 e. The molecule has 0 saturated heterocycles. The van der Waals surface area contributed by atoms with Crippen LogP contribution in [0.3, 0.4) is 0 Å². The number of rotatable bonds is 6. The smallest absolute Gasteiger partial charge is 0.176 e. The summed E-state index contributed by atoms with van der Waals surface area (Å²) in [4.78, 5) is 0. The zero-order chi connectivity index (χ0) is 16.9. The van der Waals surface area contributed by atoms with Crippen LogP contribution in [0, 0.1) is 6.92 Å². The first kappa shape index (κ1) is 15.9. The summed E-state index contributed by atoms with van der Waals surface area (Å²) in [6.07, 6.45) is 0.913. The highest BCUT2D eigenvalue weighted by Crippen LogP contribution is 2.39. The highest BCUT2D eigenvalue weighted by Gasteiger charge is 2.18. The number of phenolic OH excluding ortho intramolecular Hbond substituents is 1. The van der Waals surface area contributed by atoms with Gasteiger partial charge in [0.1, 0.15) is 22.9 Å². The molecule has 0 radical (unpaired) electrons. The lowest BCUT2D eigenvalue weighted by molar-refractivity contribution is 0.315. The Balaban J connectivity index is 1.93. The molecule has 5 nitrogen and oxygen atoms in total. The summed E-state index contributed by atoms with van der Waals surface area (Å²) < 4.78 is 11.5. The molecule has 0 spiro atoms. The van der Waals surface area contributed by atoms with Crippen LogP contribution in [0.2, 0.25) is 0 Å². The molecule has 0 aliphatic carbocycles.